The second kappa shape index (κ2) is 5.59. The molecule has 0 unspecified atom stereocenters. The van der Waals surface area contributed by atoms with Crippen LogP contribution < -0.4 is 5.32 Å². The van der Waals surface area contributed by atoms with Crippen molar-refractivity contribution in [2.24, 2.45) is 5.41 Å². The summed E-state index contributed by atoms with van der Waals surface area (Å²) in [6.45, 7) is 6.37. The van der Waals surface area contributed by atoms with Crippen LogP contribution in [-0.4, -0.2) is 42.1 Å². The summed E-state index contributed by atoms with van der Waals surface area (Å²) in [6, 6.07) is 0. The number of nitrogens with one attached hydrogen (secondary N) is 1. The van der Waals surface area contributed by atoms with Crippen molar-refractivity contribution in [2.75, 3.05) is 32.5 Å². The van der Waals surface area contributed by atoms with E-state index in [-0.39, 0.29) is 5.41 Å². The Bertz CT molecular complexity index is 339. The zero-order chi connectivity index (χ0) is 12.2. The van der Waals surface area contributed by atoms with Gasteiger partial charge in [0.1, 0.15) is 12.1 Å². The van der Waals surface area contributed by atoms with Crippen molar-refractivity contribution in [3.05, 3.63) is 17.0 Å². The Kier molecular flexibility index (Phi) is 4.68. The van der Waals surface area contributed by atoms with Crippen LogP contribution in [0.3, 0.4) is 0 Å². The van der Waals surface area contributed by atoms with Gasteiger partial charge in [0, 0.05) is 19.3 Å². The highest BCUT2D eigenvalue weighted by molar-refractivity contribution is 9.10. The van der Waals surface area contributed by atoms with Crippen LogP contribution in [0.15, 0.2) is 17.0 Å². The maximum Gasteiger partial charge on any atom is 0.143 e. The molecular formula is C11H19BrN4. The summed E-state index contributed by atoms with van der Waals surface area (Å²) in [5.41, 5.74) is 0.202. The summed E-state index contributed by atoms with van der Waals surface area (Å²) in [7, 11) is 4.17. The van der Waals surface area contributed by atoms with Crippen LogP contribution in [0.2, 0.25) is 0 Å². The molecule has 1 heterocycles. The predicted octanol–water partition coefficient (Wildman–Crippen LogP) is 2.24. The van der Waals surface area contributed by atoms with Crippen LogP contribution in [0, 0.1) is 5.41 Å². The van der Waals surface area contributed by atoms with E-state index in [0.717, 1.165) is 23.4 Å². The highest BCUT2D eigenvalue weighted by atomic mass is 79.9. The number of aromatic nitrogens is 2. The number of halogens is 1. The van der Waals surface area contributed by atoms with Crippen LogP contribution in [0.1, 0.15) is 13.8 Å². The van der Waals surface area contributed by atoms with E-state index >= 15 is 0 Å². The zero-order valence-electron chi connectivity index (χ0n) is 10.3. The lowest BCUT2D eigenvalue weighted by Crippen LogP contribution is -2.34. The Hall–Kier alpha value is -0.680. The van der Waals surface area contributed by atoms with Crippen LogP contribution in [0.5, 0.6) is 0 Å². The van der Waals surface area contributed by atoms with E-state index in [9.17, 15) is 0 Å². The summed E-state index contributed by atoms with van der Waals surface area (Å²) in [5.74, 6) is 0.849. The predicted molar refractivity (Wildman–Crippen MR) is 70.6 cm³/mol. The van der Waals surface area contributed by atoms with Gasteiger partial charge in [0.15, 0.2) is 0 Å². The molecule has 0 amide bonds. The van der Waals surface area contributed by atoms with E-state index in [4.69, 9.17) is 0 Å². The lowest BCUT2D eigenvalue weighted by Gasteiger charge is -2.28. The van der Waals surface area contributed by atoms with Gasteiger partial charge in [0.2, 0.25) is 0 Å². The molecule has 16 heavy (non-hydrogen) atoms. The third kappa shape index (κ3) is 4.45. The highest BCUT2D eigenvalue weighted by Gasteiger charge is 2.19. The van der Waals surface area contributed by atoms with Gasteiger partial charge in [-0.3, -0.25) is 0 Å². The van der Waals surface area contributed by atoms with Crippen LogP contribution in [0.4, 0.5) is 5.82 Å². The highest BCUT2D eigenvalue weighted by Crippen LogP contribution is 2.21. The summed E-state index contributed by atoms with van der Waals surface area (Å²) in [6.07, 6.45) is 3.29. The van der Waals surface area contributed by atoms with Gasteiger partial charge in [-0.1, -0.05) is 13.8 Å². The van der Waals surface area contributed by atoms with E-state index in [1.807, 2.05) is 0 Å². The Morgan fingerprint density at radius 3 is 2.69 bits per heavy atom. The Balaban J connectivity index is 2.54. The van der Waals surface area contributed by atoms with Gasteiger partial charge in [-0.2, -0.15) is 0 Å². The standard InChI is InChI=1S/C11H19BrN4/c1-11(2,7-16(3)4)6-14-10-9(12)5-13-8-15-10/h5,8H,6-7H2,1-4H3,(H,13,14,15). The first kappa shape index (κ1) is 13.4. The fourth-order valence-corrected chi connectivity index (χ4v) is 2.04. The van der Waals surface area contributed by atoms with Crippen LogP contribution >= 0.6 is 15.9 Å². The lowest BCUT2D eigenvalue weighted by molar-refractivity contribution is 0.254. The van der Waals surface area contributed by atoms with Crippen LogP contribution in [0.25, 0.3) is 0 Å². The molecule has 0 bridgehead atoms. The molecule has 1 rings (SSSR count). The minimum atomic E-state index is 0.202. The Morgan fingerprint density at radius 2 is 2.12 bits per heavy atom. The maximum atomic E-state index is 4.18. The molecule has 1 N–H and O–H groups in total. The summed E-state index contributed by atoms with van der Waals surface area (Å²) in [5, 5.41) is 3.33. The summed E-state index contributed by atoms with van der Waals surface area (Å²) >= 11 is 3.42. The molecule has 4 nitrogen and oxygen atoms in total. The molecule has 0 fully saturated rings. The van der Waals surface area contributed by atoms with E-state index in [1.54, 1.807) is 12.5 Å². The molecule has 1 aromatic rings. The van der Waals surface area contributed by atoms with E-state index in [1.165, 1.54) is 0 Å². The van der Waals surface area contributed by atoms with E-state index in [2.05, 4.69) is 64.1 Å². The Labute approximate surface area is 106 Å². The molecule has 0 saturated heterocycles. The van der Waals surface area contributed by atoms with Crippen molar-refractivity contribution in [2.45, 2.75) is 13.8 Å². The van der Waals surface area contributed by atoms with Gasteiger partial charge >= 0.3 is 0 Å². The number of anilines is 1. The van der Waals surface area contributed by atoms with Crippen molar-refractivity contribution < 1.29 is 0 Å². The molecule has 0 aliphatic carbocycles. The van der Waals surface area contributed by atoms with Crippen molar-refractivity contribution in [1.82, 2.24) is 14.9 Å². The third-order valence-electron chi connectivity index (χ3n) is 2.15. The molecule has 0 aromatic carbocycles. The molecule has 0 spiro atoms. The van der Waals surface area contributed by atoms with Crippen LogP contribution in [-0.2, 0) is 0 Å². The van der Waals surface area contributed by atoms with Gasteiger partial charge in [-0.05, 0) is 35.4 Å². The maximum absolute atomic E-state index is 4.18. The smallest absolute Gasteiger partial charge is 0.143 e. The largest absolute Gasteiger partial charge is 0.368 e. The zero-order valence-corrected chi connectivity index (χ0v) is 11.9. The second-order valence-corrected chi connectivity index (χ2v) is 5.83. The van der Waals surface area contributed by atoms with Crippen molar-refractivity contribution in [3.63, 3.8) is 0 Å². The fourth-order valence-electron chi connectivity index (χ4n) is 1.68. The SMILES string of the molecule is CN(C)CC(C)(C)CNc1ncncc1Br. The first-order valence-electron chi connectivity index (χ1n) is 5.25. The van der Waals surface area contributed by atoms with Crippen molar-refractivity contribution in [3.8, 4) is 0 Å². The Morgan fingerprint density at radius 1 is 1.44 bits per heavy atom. The average Bonchev–Trinajstić information content (AvgIpc) is 2.14. The second-order valence-electron chi connectivity index (χ2n) is 4.97. The molecule has 5 heteroatoms. The van der Waals surface area contributed by atoms with Gasteiger partial charge < -0.3 is 10.2 Å². The first-order valence-corrected chi connectivity index (χ1v) is 6.04. The number of hydrogen-bond donors (Lipinski definition) is 1. The molecule has 90 valence electrons. The first-order chi connectivity index (χ1) is 7.41. The van der Waals surface area contributed by atoms with Gasteiger partial charge in [-0.25, -0.2) is 9.97 Å². The fraction of sp³-hybridized carbons (Fsp3) is 0.636. The number of rotatable bonds is 5. The van der Waals surface area contributed by atoms with Crippen molar-refractivity contribution in [1.29, 1.82) is 0 Å². The normalized spacial score (nSPS) is 11.9. The van der Waals surface area contributed by atoms with Gasteiger partial charge in [-0.15, -0.1) is 0 Å². The molecule has 1 aromatic heterocycles. The molecule has 0 atom stereocenters. The van der Waals surface area contributed by atoms with Gasteiger partial charge in [0.25, 0.3) is 0 Å². The molecule has 0 aliphatic heterocycles. The molecular weight excluding hydrogens is 268 g/mol. The van der Waals surface area contributed by atoms with Crippen molar-refractivity contribution >= 4 is 21.7 Å². The number of nitrogens with zero attached hydrogens (tertiary/aromatic N) is 3. The quantitative estimate of drug-likeness (QED) is 0.901. The van der Waals surface area contributed by atoms with E-state index < -0.39 is 0 Å². The minimum Gasteiger partial charge on any atom is -0.368 e. The third-order valence-corrected chi connectivity index (χ3v) is 2.73. The van der Waals surface area contributed by atoms with Gasteiger partial charge in [0.05, 0.1) is 4.47 Å². The molecule has 0 saturated carbocycles. The van der Waals surface area contributed by atoms with E-state index in [0.29, 0.717) is 0 Å². The molecule has 0 radical (unpaired) electrons. The number of hydrogen-bond acceptors (Lipinski definition) is 4. The summed E-state index contributed by atoms with van der Waals surface area (Å²) in [4.78, 5) is 10.3. The summed E-state index contributed by atoms with van der Waals surface area (Å²) < 4.78 is 0.899. The minimum absolute atomic E-state index is 0.202. The topological polar surface area (TPSA) is 41.0 Å². The molecule has 0 aliphatic rings. The average molecular weight is 287 g/mol. The monoisotopic (exact) mass is 286 g/mol. The lowest BCUT2D eigenvalue weighted by atomic mass is 9.93.